The Balaban J connectivity index is 2.48. The molecule has 2 rings (SSSR count). The molecule has 106 valence electrons. The first-order valence-corrected chi connectivity index (χ1v) is 5.81. The van der Waals surface area contributed by atoms with Crippen LogP contribution in [0.25, 0.3) is 0 Å². The Morgan fingerprint density at radius 3 is 2.55 bits per heavy atom. The molecule has 0 spiro atoms. The number of nitrogens with zero attached hydrogens (tertiary/aromatic N) is 2. The number of aryl methyl sites for hydroxylation is 1. The molecule has 1 amide bonds. The third-order valence-electron chi connectivity index (χ3n) is 2.88. The van der Waals surface area contributed by atoms with E-state index >= 15 is 0 Å². The van der Waals surface area contributed by atoms with E-state index < -0.39 is 24.2 Å². The standard InChI is InChI=1S/C13H12F3N3O/c1-19-10(6-7-17-19)11(12(20)18-13(15)16)8-4-2-3-5-9(8)14/h2-7,11,13H,1H3,(H,18,20). The molecule has 7 heteroatoms. The highest BCUT2D eigenvalue weighted by Gasteiger charge is 2.29. The number of amides is 1. The molecule has 0 aliphatic carbocycles. The summed E-state index contributed by atoms with van der Waals surface area (Å²) in [5.41, 5.74) is 0.350. The normalized spacial score (nSPS) is 12.4. The fraction of sp³-hybridized carbons (Fsp3) is 0.231. The lowest BCUT2D eigenvalue weighted by atomic mass is 9.94. The van der Waals surface area contributed by atoms with Crippen molar-refractivity contribution < 1.29 is 18.0 Å². The molecule has 0 aliphatic heterocycles. The van der Waals surface area contributed by atoms with Crippen LogP contribution in [0, 0.1) is 5.82 Å². The van der Waals surface area contributed by atoms with Crippen molar-refractivity contribution in [3.8, 4) is 0 Å². The minimum atomic E-state index is -3.01. The van der Waals surface area contributed by atoms with E-state index in [2.05, 4.69) is 5.10 Å². The van der Waals surface area contributed by atoms with Crippen molar-refractivity contribution in [3.63, 3.8) is 0 Å². The van der Waals surface area contributed by atoms with Gasteiger partial charge in [-0.05, 0) is 12.1 Å². The molecule has 0 radical (unpaired) electrons. The molecule has 4 nitrogen and oxygen atoms in total. The number of hydrogen-bond donors (Lipinski definition) is 1. The molecule has 1 heterocycles. The van der Waals surface area contributed by atoms with Crippen LogP contribution < -0.4 is 5.32 Å². The first kappa shape index (κ1) is 14.1. The number of halogens is 3. The van der Waals surface area contributed by atoms with E-state index in [0.29, 0.717) is 5.69 Å². The van der Waals surface area contributed by atoms with Gasteiger partial charge in [-0.2, -0.15) is 13.9 Å². The van der Waals surface area contributed by atoms with Gasteiger partial charge in [0.15, 0.2) is 0 Å². The Morgan fingerprint density at radius 2 is 2.00 bits per heavy atom. The number of nitrogens with one attached hydrogen (secondary N) is 1. The SMILES string of the molecule is Cn1nccc1C(C(=O)NC(F)F)c1ccccc1F. The van der Waals surface area contributed by atoms with Crippen LogP contribution in [0.3, 0.4) is 0 Å². The molecule has 2 aromatic rings. The maximum Gasteiger partial charge on any atom is 0.315 e. The molecule has 1 unspecified atom stereocenters. The van der Waals surface area contributed by atoms with Crippen molar-refractivity contribution in [1.29, 1.82) is 0 Å². The van der Waals surface area contributed by atoms with Crippen LogP contribution in [-0.4, -0.2) is 22.2 Å². The fourth-order valence-corrected chi connectivity index (χ4v) is 2.00. The summed E-state index contributed by atoms with van der Waals surface area (Å²) in [4.78, 5) is 12.0. The van der Waals surface area contributed by atoms with E-state index in [4.69, 9.17) is 0 Å². The number of carbonyl (C=O) groups is 1. The van der Waals surface area contributed by atoms with Crippen molar-refractivity contribution in [2.45, 2.75) is 12.5 Å². The van der Waals surface area contributed by atoms with Crippen LogP contribution in [0.4, 0.5) is 13.2 Å². The zero-order valence-electron chi connectivity index (χ0n) is 10.6. The predicted molar refractivity (Wildman–Crippen MR) is 65.6 cm³/mol. The minimum absolute atomic E-state index is 0.0225. The maximum absolute atomic E-state index is 13.9. The van der Waals surface area contributed by atoms with Gasteiger partial charge in [0, 0.05) is 18.8 Å². The van der Waals surface area contributed by atoms with Gasteiger partial charge in [0.05, 0.1) is 5.69 Å². The first-order chi connectivity index (χ1) is 9.50. The Bertz CT molecular complexity index is 612. The lowest BCUT2D eigenvalue weighted by Crippen LogP contribution is -2.35. The number of alkyl halides is 2. The Labute approximate surface area is 113 Å². The molecule has 1 atom stereocenters. The van der Waals surface area contributed by atoms with E-state index in [0.717, 1.165) is 0 Å². The third-order valence-corrected chi connectivity index (χ3v) is 2.88. The second kappa shape index (κ2) is 5.77. The molecule has 0 aliphatic rings. The highest BCUT2D eigenvalue weighted by Crippen LogP contribution is 2.26. The molecule has 0 bridgehead atoms. The summed E-state index contributed by atoms with van der Waals surface area (Å²) >= 11 is 0. The number of rotatable bonds is 4. The fourth-order valence-electron chi connectivity index (χ4n) is 2.00. The van der Waals surface area contributed by atoms with Gasteiger partial charge in [0.25, 0.3) is 0 Å². The van der Waals surface area contributed by atoms with E-state index in [-0.39, 0.29) is 5.56 Å². The van der Waals surface area contributed by atoms with Crippen molar-refractivity contribution in [1.82, 2.24) is 15.1 Å². The smallest absolute Gasteiger partial charge is 0.299 e. The van der Waals surface area contributed by atoms with Crippen LogP contribution in [0.15, 0.2) is 36.5 Å². The second-order valence-electron chi connectivity index (χ2n) is 4.14. The van der Waals surface area contributed by atoms with Crippen LogP contribution in [0.2, 0.25) is 0 Å². The molecule has 0 saturated carbocycles. The van der Waals surface area contributed by atoms with E-state index in [9.17, 15) is 18.0 Å². The summed E-state index contributed by atoms with van der Waals surface area (Å²) in [6, 6.07) is 7.05. The zero-order chi connectivity index (χ0) is 14.7. The van der Waals surface area contributed by atoms with Gasteiger partial charge in [0.1, 0.15) is 11.7 Å². The largest absolute Gasteiger partial charge is 0.315 e. The number of benzene rings is 1. The number of hydrogen-bond acceptors (Lipinski definition) is 2. The average molecular weight is 283 g/mol. The van der Waals surface area contributed by atoms with Crippen molar-refractivity contribution in [2.24, 2.45) is 7.05 Å². The quantitative estimate of drug-likeness (QED) is 0.873. The van der Waals surface area contributed by atoms with Gasteiger partial charge in [-0.15, -0.1) is 0 Å². The van der Waals surface area contributed by atoms with Gasteiger partial charge >= 0.3 is 6.55 Å². The molecular formula is C13H12F3N3O. The summed E-state index contributed by atoms with van der Waals surface area (Å²) in [6.07, 6.45) is 1.42. The minimum Gasteiger partial charge on any atom is -0.299 e. The summed E-state index contributed by atoms with van der Waals surface area (Å²) in [5.74, 6) is -2.80. The van der Waals surface area contributed by atoms with Gasteiger partial charge in [-0.25, -0.2) is 4.39 Å². The van der Waals surface area contributed by atoms with E-state index in [1.165, 1.54) is 46.5 Å². The molecular weight excluding hydrogens is 271 g/mol. The monoisotopic (exact) mass is 283 g/mol. The molecule has 20 heavy (non-hydrogen) atoms. The Morgan fingerprint density at radius 1 is 1.30 bits per heavy atom. The second-order valence-corrected chi connectivity index (χ2v) is 4.14. The molecule has 1 aromatic heterocycles. The maximum atomic E-state index is 13.9. The summed E-state index contributed by atoms with van der Waals surface area (Å²) in [5, 5.41) is 5.38. The number of carbonyl (C=O) groups excluding carboxylic acids is 1. The highest BCUT2D eigenvalue weighted by atomic mass is 19.3. The summed E-state index contributed by atoms with van der Waals surface area (Å²) < 4.78 is 39.9. The third kappa shape index (κ3) is 2.81. The van der Waals surface area contributed by atoms with E-state index in [1.54, 1.807) is 7.05 Å². The first-order valence-electron chi connectivity index (χ1n) is 5.81. The van der Waals surface area contributed by atoms with Crippen molar-refractivity contribution >= 4 is 5.91 Å². The highest BCUT2D eigenvalue weighted by molar-refractivity contribution is 5.86. The lowest BCUT2D eigenvalue weighted by Gasteiger charge is -2.18. The molecule has 0 fully saturated rings. The van der Waals surface area contributed by atoms with Gasteiger partial charge in [-0.3, -0.25) is 14.8 Å². The topological polar surface area (TPSA) is 46.9 Å². The van der Waals surface area contributed by atoms with Gasteiger partial charge in [-0.1, -0.05) is 18.2 Å². The number of aromatic nitrogens is 2. The summed E-state index contributed by atoms with van der Waals surface area (Å²) in [6.45, 7) is -3.01. The average Bonchev–Trinajstić information content (AvgIpc) is 2.78. The van der Waals surface area contributed by atoms with E-state index in [1.807, 2.05) is 0 Å². The predicted octanol–water partition coefficient (Wildman–Crippen LogP) is 2.03. The van der Waals surface area contributed by atoms with Gasteiger partial charge < -0.3 is 0 Å². The molecule has 0 saturated heterocycles. The van der Waals surface area contributed by atoms with Crippen molar-refractivity contribution in [3.05, 3.63) is 53.6 Å². The van der Waals surface area contributed by atoms with Crippen molar-refractivity contribution in [2.75, 3.05) is 0 Å². The zero-order valence-corrected chi connectivity index (χ0v) is 10.6. The Hall–Kier alpha value is -2.31. The molecule has 1 aromatic carbocycles. The lowest BCUT2D eigenvalue weighted by molar-refractivity contribution is -0.125. The molecule has 1 N–H and O–H groups in total. The van der Waals surface area contributed by atoms with Crippen LogP contribution in [0.1, 0.15) is 17.2 Å². The Kier molecular flexibility index (Phi) is 4.07. The van der Waals surface area contributed by atoms with Crippen LogP contribution in [0.5, 0.6) is 0 Å². The summed E-state index contributed by atoms with van der Waals surface area (Å²) in [7, 11) is 1.55. The van der Waals surface area contributed by atoms with Gasteiger partial charge in [0.2, 0.25) is 5.91 Å². The van der Waals surface area contributed by atoms with Crippen LogP contribution in [-0.2, 0) is 11.8 Å². The van der Waals surface area contributed by atoms with Crippen LogP contribution >= 0.6 is 0 Å².